The minimum absolute atomic E-state index is 0.132. The number of benzene rings is 2. The molecular weight excluding hydrogens is 339 g/mol. The molecule has 24 heavy (non-hydrogen) atoms. The fourth-order valence-corrected chi connectivity index (χ4v) is 3.02. The van der Waals surface area contributed by atoms with Gasteiger partial charge in [0, 0.05) is 4.90 Å². The molecule has 0 fully saturated rings. The second-order valence-corrected chi connectivity index (χ2v) is 5.98. The summed E-state index contributed by atoms with van der Waals surface area (Å²) in [5.74, 6) is 0.701. The van der Waals surface area contributed by atoms with Gasteiger partial charge in [-0.2, -0.15) is 18.3 Å². The van der Waals surface area contributed by atoms with Crippen molar-refractivity contribution >= 4 is 11.8 Å². The molecule has 8 heteroatoms. The molecular formula is C16H12F3N3OS. The predicted octanol–water partition coefficient (Wildman–Crippen LogP) is 3.87. The molecule has 1 heterocycles. The fourth-order valence-electron chi connectivity index (χ4n) is 2.18. The van der Waals surface area contributed by atoms with E-state index < -0.39 is 17.4 Å². The highest BCUT2D eigenvalue weighted by Gasteiger charge is 2.30. The van der Waals surface area contributed by atoms with Gasteiger partial charge in [-0.15, -0.1) is 11.8 Å². The summed E-state index contributed by atoms with van der Waals surface area (Å²) in [5.41, 5.74) is -1.25. The van der Waals surface area contributed by atoms with Crippen LogP contribution in [0.5, 0.6) is 0 Å². The minimum atomic E-state index is -4.47. The van der Waals surface area contributed by atoms with Gasteiger partial charge in [-0.3, -0.25) is 0 Å². The summed E-state index contributed by atoms with van der Waals surface area (Å²) in [5, 5.41) is 6.22. The third-order valence-corrected chi connectivity index (χ3v) is 4.29. The maximum absolute atomic E-state index is 12.9. The molecule has 0 aliphatic heterocycles. The van der Waals surface area contributed by atoms with E-state index in [4.69, 9.17) is 0 Å². The lowest BCUT2D eigenvalue weighted by atomic mass is 10.2. The highest BCUT2D eigenvalue weighted by atomic mass is 32.2. The quantitative estimate of drug-likeness (QED) is 0.726. The van der Waals surface area contributed by atoms with E-state index in [1.165, 1.54) is 23.9 Å². The van der Waals surface area contributed by atoms with E-state index in [0.717, 1.165) is 21.6 Å². The summed E-state index contributed by atoms with van der Waals surface area (Å²) in [4.78, 5) is 12.9. The molecule has 0 amide bonds. The number of hydrogen-bond donors (Lipinski definition) is 1. The van der Waals surface area contributed by atoms with Crippen molar-refractivity contribution in [2.24, 2.45) is 0 Å². The summed E-state index contributed by atoms with van der Waals surface area (Å²) in [7, 11) is 0. The van der Waals surface area contributed by atoms with Crippen molar-refractivity contribution in [3.05, 3.63) is 76.5 Å². The topological polar surface area (TPSA) is 50.7 Å². The Labute approximate surface area is 139 Å². The van der Waals surface area contributed by atoms with Gasteiger partial charge in [0.2, 0.25) is 0 Å². The molecule has 2 aromatic carbocycles. The molecule has 124 valence electrons. The molecule has 1 N–H and O–H groups in total. The third-order valence-electron chi connectivity index (χ3n) is 3.28. The first-order valence-corrected chi connectivity index (χ1v) is 7.95. The van der Waals surface area contributed by atoms with Gasteiger partial charge in [-0.1, -0.05) is 24.3 Å². The number of aromatic nitrogens is 3. The Bertz CT molecular complexity index is 887. The van der Waals surface area contributed by atoms with Crippen LogP contribution < -0.4 is 5.69 Å². The van der Waals surface area contributed by atoms with Gasteiger partial charge >= 0.3 is 11.9 Å². The standard InChI is InChI=1S/C16H12F3N3OS/c17-16(18,19)11-5-4-6-12(9-11)22-14(20-21-15(22)23)10-24-13-7-2-1-3-8-13/h1-9H,10H2,(H,21,23). The number of thioether (sulfide) groups is 1. The molecule has 3 rings (SSSR count). The van der Waals surface area contributed by atoms with Crippen molar-refractivity contribution in [1.82, 2.24) is 14.8 Å². The van der Waals surface area contributed by atoms with Crippen LogP contribution in [0.2, 0.25) is 0 Å². The fraction of sp³-hybridized carbons (Fsp3) is 0.125. The van der Waals surface area contributed by atoms with E-state index in [9.17, 15) is 18.0 Å². The lowest BCUT2D eigenvalue weighted by Gasteiger charge is -2.10. The normalized spacial score (nSPS) is 11.6. The van der Waals surface area contributed by atoms with Crippen LogP contribution in [0.15, 0.2) is 64.3 Å². The maximum Gasteiger partial charge on any atom is 0.416 e. The molecule has 0 saturated heterocycles. The summed E-state index contributed by atoms with van der Waals surface area (Å²) < 4.78 is 39.8. The Balaban J connectivity index is 1.92. The average Bonchev–Trinajstić information content (AvgIpc) is 2.94. The minimum Gasteiger partial charge on any atom is -0.246 e. The zero-order valence-corrected chi connectivity index (χ0v) is 13.1. The van der Waals surface area contributed by atoms with Gasteiger partial charge in [0.1, 0.15) is 5.82 Å². The zero-order valence-electron chi connectivity index (χ0n) is 12.2. The van der Waals surface area contributed by atoms with E-state index in [-0.39, 0.29) is 5.69 Å². The van der Waals surface area contributed by atoms with E-state index in [1.807, 2.05) is 30.3 Å². The first-order chi connectivity index (χ1) is 11.4. The molecule has 0 spiro atoms. The Kier molecular flexibility index (Phi) is 4.48. The number of halogens is 3. The largest absolute Gasteiger partial charge is 0.416 e. The van der Waals surface area contributed by atoms with Crippen LogP contribution in [0.4, 0.5) is 13.2 Å². The van der Waals surface area contributed by atoms with Crippen LogP contribution in [0, 0.1) is 0 Å². The van der Waals surface area contributed by atoms with Crippen molar-refractivity contribution in [3.8, 4) is 5.69 Å². The van der Waals surface area contributed by atoms with Crippen molar-refractivity contribution in [2.75, 3.05) is 0 Å². The van der Waals surface area contributed by atoms with Gasteiger partial charge < -0.3 is 0 Å². The molecule has 0 aliphatic rings. The van der Waals surface area contributed by atoms with Crippen molar-refractivity contribution in [3.63, 3.8) is 0 Å². The maximum atomic E-state index is 12.9. The van der Waals surface area contributed by atoms with Gasteiger partial charge in [0.05, 0.1) is 17.0 Å². The molecule has 0 radical (unpaired) electrons. The number of nitrogens with zero attached hydrogens (tertiary/aromatic N) is 2. The van der Waals surface area contributed by atoms with Crippen LogP contribution in [-0.2, 0) is 11.9 Å². The van der Waals surface area contributed by atoms with Crippen molar-refractivity contribution < 1.29 is 13.2 Å². The van der Waals surface area contributed by atoms with Crippen LogP contribution in [-0.4, -0.2) is 14.8 Å². The molecule has 0 atom stereocenters. The van der Waals surface area contributed by atoms with Gasteiger partial charge in [-0.25, -0.2) is 14.5 Å². The third kappa shape index (κ3) is 3.53. The monoisotopic (exact) mass is 351 g/mol. The highest BCUT2D eigenvalue weighted by Crippen LogP contribution is 2.30. The molecule has 0 saturated carbocycles. The van der Waals surface area contributed by atoms with E-state index in [2.05, 4.69) is 10.2 Å². The highest BCUT2D eigenvalue weighted by molar-refractivity contribution is 7.98. The van der Waals surface area contributed by atoms with Crippen LogP contribution >= 0.6 is 11.8 Å². The number of rotatable bonds is 4. The van der Waals surface area contributed by atoms with E-state index in [1.54, 1.807) is 0 Å². The summed E-state index contributed by atoms with van der Waals surface area (Å²) in [6, 6.07) is 14.1. The second kappa shape index (κ2) is 6.56. The Morgan fingerprint density at radius 1 is 1.08 bits per heavy atom. The SMILES string of the molecule is O=c1[nH]nc(CSc2ccccc2)n1-c1cccc(C(F)(F)F)c1. The molecule has 4 nitrogen and oxygen atoms in total. The molecule has 3 aromatic rings. The van der Waals surface area contributed by atoms with Gasteiger partial charge in [-0.05, 0) is 30.3 Å². The zero-order chi connectivity index (χ0) is 17.2. The van der Waals surface area contributed by atoms with E-state index >= 15 is 0 Å². The number of alkyl halides is 3. The molecule has 0 aliphatic carbocycles. The summed E-state index contributed by atoms with van der Waals surface area (Å²) in [6.45, 7) is 0. The lowest BCUT2D eigenvalue weighted by Crippen LogP contribution is -2.17. The van der Waals surface area contributed by atoms with Crippen molar-refractivity contribution in [2.45, 2.75) is 16.8 Å². The number of H-pyrrole nitrogens is 1. The van der Waals surface area contributed by atoms with Crippen LogP contribution in [0.3, 0.4) is 0 Å². The Hall–Kier alpha value is -2.48. The van der Waals surface area contributed by atoms with E-state index in [0.29, 0.717) is 11.6 Å². The van der Waals surface area contributed by atoms with Crippen LogP contribution in [0.25, 0.3) is 5.69 Å². The first-order valence-electron chi connectivity index (χ1n) is 6.97. The first kappa shape index (κ1) is 16.4. The average molecular weight is 351 g/mol. The Morgan fingerprint density at radius 3 is 2.54 bits per heavy atom. The summed E-state index contributed by atoms with van der Waals surface area (Å²) in [6.07, 6.45) is -4.47. The molecule has 0 unspecified atom stereocenters. The van der Waals surface area contributed by atoms with Crippen LogP contribution in [0.1, 0.15) is 11.4 Å². The smallest absolute Gasteiger partial charge is 0.246 e. The number of aromatic amines is 1. The van der Waals surface area contributed by atoms with Crippen molar-refractivity contribution in [1.29, 1.82) is 0 Å². The number of hydrogen-bond acceptors (Lipinski definition) is 3. The Morgan fingerprint density at radius 2 is 1.83 bits per heavy atom. The summed E-state index contributed by atoms with van der Waals surface area (Å²) >= 11 is 1.44. The lowest BCUT2D eigenvalue weighted by molar-refractivity contribution is -0.137. The van der Waals surface area contributed by atoms with Gasteiger partial charge in [0.15, 0.2) is 0 Å². The molecule has 1 aromatic heterocycles. The molecule has 0 bridgehead atoms. The van der Waals surface area contributed by atoms with Gasteiger partial charge in [0.25, 0.3) is 0 Å². The second-order valence-electron chi connectivity index (χ2n) is 4.93. The number of nitrogens with one attached hydrogen (secondary N) is 1. The predicted molar refractivity (Wildman–Crippen MR) is 85.2 cm³/mol.